The van der Waals surface area contributed by atoms with E-state index in [2.05, 4.69) is 11.8 Å². The SMILES string of the molecule is CC1CCCN(C(=O)CC2(N)CCCC2)CC1. The highest BCUT2D eigenvalue weighted by Gasteiger charge is 2.33. The highest BCUT2D eigenvalue weighted by atomic mass is 16.2. The van der Waals surface area contributed by atoms with Crippen LogP contribution in [0.25, 0.3) is 0 Å². The molecule has 1 saturated carbocycles. The number of amides is 1. The minimum atomic E-state index is -0.186. The lowest BCUT2D eigenvalue weighted by Crippen LogP contribution is -2.44. The second kappa shape index (κ2) is 5.38. The van der Waals surface area contributed by atoms with Crippen LogP contribution in [0.5, 0.6) is 0 Å². The van der Waals surface area contributed by atoms with Crippen molar-refractivity contribution in [2.24, 2.45) is 11.7 Å². The Kier molecular flexibility index (Phi) is 4.08. The van der Waals surface area contributed by atoms with E-state index in [0.29, 0.717) is 12.3 Å². The van der Waals surface area contributed by atoms with Gasteiger partial charge in [0.15, 0.2) is 0 Å². The van der Waals surface area contributed by atoms with Crippen LogP contribution in [0.3, 0.4) is 0 Å². The van der Waals surface area contributed by atoms with Gasteiger partial charge in [0.2, 0.25) is 5.91 Å². The molecule has 98 valence electrons. The second-order valence-corrected chi connectivity index (χ2v) is 6.16. The van der Waals surface area contributed by atoms with Gasteiger partial charge in [-0.05, 0) is 38.0 Å². The monoisotopic (exact) mass is 238 g/mol. The maximum atomic E-state index is 12.3. The van der Waals surface area contributed by atoms with Crippen LogP contribution in [0.1, 0.15) is 58.3 Å². The third-order valence-corrected chi connectivity index (χ3v) is 4.47. The lowest BCUT2D eigenvalue weighted by molar-refractivity contribution is -0.132. The molecule has 1 atom stereocenters. The number of carbonyl (C=O) groups is 1. The number of carbonyl (C=O) groups excluding carboxylic acids is 1. The van der Waals surface area contributed by atoms with Gasteiger partial charge in [-0.25, -0.2) is 0 Å². The standard InChI is InChI=1S/C14H26N2O/c1-12-5-4-9-16(10-6-12)13(17)11-14(15)7-2-3-8-14/h12H,2-11,15H2,1H3. The van der Waals surface area contributed by atoms with Crippen LogP contribution in [0, 0.1) is 5.92 Å². The van der Waals surface area contributed by atoms with Crippen LogP contribution in [0.2, 0.25) is 0 Å². The number of nitrogens with two attached hydrogens (primary N) is 1. The molecule has 3 nitrogen and oxygen atoms in total. The molecule has 0 aromatic carbocycles. The molecule has 1 heterocycles. The molecular formula is C14H26N2O. The molecule has 2 aliphatic rings. The van der Waals surface area contributed by atoms with Gasteiger partial charge in [0.05, 0.1) is 0 Å². The number of rotatable bonds is 2. The zero-order valence-electron chi connectivity index (χ0n) is 11.1. The second-order valence-electron chi connectivity index (χ2n) is 6.16. The van der Waals surface area contributed by atoms with Crippen LogP contribution >= 0.6 is 0 Å². The third-order valence-electron chi connectivity index (χ3n) is 4.47. The Bertz CT molecular complexity index is 271. The van der Waals surface area contributed by atoms with Gasteiger partial charge in [0, 0.05) is 25.0 Å². The van der Waals surface area contributed by atoms with Gasteiger partial charge in [0.25, 0.3) is 0 Å². The van der Waals surface area contributed by atoms with Crippen molar-refractivity contribution in [2.75, 3.05) is 13.1 Å². The number of likely N-dealkylation sites (tertiary alicyclic amines) is 1. The average molecular weight is 238 g/mol. The first-order valence-corrected chi connectivity index (χ1v) is 7.16. The Balaban J connectivity index is 1.86. The molecule has 2 rings (SSSR count). The molecule has 0 spiro atoms. The fourth-order valence-corrected chi connectivity index (χ4v) is 3.18. The van der Waals surface area contributed by atoms with Crippen molar-refractivity contribution < 1.29 is 4.79 Å². The van der Waals surface area contributed by atoms with Gasteiger partial charge in [-0.2, -0.15) is 0 Å². The molecule has 1 aliphatic carbocycles. The van der Waals surface area contributed by atoms with Crippen molar-refractivity contribution in [3.63, 3.8) is 0 Å². The molecular weight excluding hydrogens is 212 g/mol. The van der Waals surface area contributed by atoms with Crippen LogP contribution < -0.4 is 5.73 Å². The van der Waals surface area contributed by atoms with Gasteiger partial charge >= 0.3 is 0 Å². The maximum absolute atomic E-state index is 12.3. The highest BCUT2D eigenvalue weighted by molar-refractivity contribution is 5.77. The minimum absolute atomic E-state index is 0.186. The Morgan fingerprint density at radius 2 is 1.94 bits per heavy atom. The molecule has 0 bridgehead atoms. The summed E-state index contributed by atoms with van der Waals surface area (Å²) in [5.74, 6) is 1.06. The largest absolute Gasteiger partial charge is 0.343 e. The average Bonchev–Trinajstić information content (AvgIpc) is 2.57. The molecule has 2 N–H and O–H groups in total. The molecule has 0 radical (unpaired) electrons. The summed E-state index contributed by atoms with van der Waals surface area (Å²) >= 11 is 0. The van der Waals surface area contributed by atoms with E-state index in [9.17, 15) is 4.79 Å². The number of nitrogens with zero attached hydrogens (tertiary/aromatic N) is 1. The van der Waals surface area contributed by atoms with E-state index in [0.717, 1.165) is 44.7 Å². The van der Waals surface area contributed by atoms with Crippen molar-refractivity contribution >= 4 is 5.91 Å². The first-order chi connectivity index (χ1) is 8.09. The smallest absolute Gasteiger partial charge is 0.224 e. The zero-order chi connectivity index (χ0) is 12.3. The molecule has 1 unspecified atom stereocenters. The maximum Gasteiger partial charge on any atom is 0.224 e. The van der Waals surface area contributed by atoms with Crippen molar-refractivity contribution in [3.8, 4) is 0 Å². The van der Waals surface area contributed by atoms with Gasteiger partial charge < -0.3 is 10.6 Å². The predicted molar refractivity (Wildman–Crippen MR) is 69.6 cm³/mol. The molecule has 0 aromatic rings. The zero-order valence-corrected chi connectivity index (χ0v) is 11.1. The van der Waals surface area contributed by atoms with E-state index in [4.69, 9.17) is 5.73 Å². The van der Waals surface area contributed by atoms with Crippen molar-refractivity contribution in [1.82, 2.24) is 4.90 Å². The Hall–Kier alpha value is -0.570. The quantitative estimate of drug-likeness (QED) is 0.802. The molecule has 3 heteroatoms. The van der Waals surface area contributed by atoms with Crippen molar-refractivity contribution in [2.45, 2.75) is 63.8 Å². The predicted octanol–water partition coefficient (Wildman–Crippen LogP) is 2.30. The Morgan fingerprint density at radius 3 is 2.65 bits per heavy atom. The summed E-state index contributed by atoms with van der Waals surface area (Å²) < 4.78 is 0. The molecule has 1 aliphatic heterocycles. The molecule has 2 fully saturated rings. The van der Waals surface area contributed by atoms with E-state index >= 15 is 0 Å². The van der Waals surface area contributed by atoms with E-state index in [1.54, 1.807) is 0 Å². The van der Waals surface area contributed by atoms with Crippen LogP contribution in [-0.4, -0.2) is 29.4 Å². The minimum Gasteiger partial charge on any atom is -0.343 e. The number of hydrogen-bond donors (Lipinski definition) is 1. The molecule has 0 aromatic heterocycles. The summed E-state index contributed by atoms with van der Waals surface area (Å²) in [7, 11) is 0. The summed E-state index contributed by atoms with van der Waals surface area (Å²) in [4.78, 5) is 14.3. The fourth-order valence-electron chi connectivity index (χ4n) is 3.18. The van der Waals surface area contributed by atoms with Gasteiger partial charge in [0.1, 0.15) is 0 Å². The first kappa shape index (κ1) is 12.9. The van der Waals surface area contributed by atoms with E-state index in [-0.39, 0.29) is 5.54 Å². The van der Waals surface area contributed by atoms with Gasteiger partial charge in [-0.15, -0.1) is 0 Å². The number of hydrogen-bond acceptors (Lipinski definition) is 2. The molecule has 1 amide bonds. The van der Waals surface area contributed by atoms with Crippen molar-refractivity contribution in [3.05, 3.63) is 0 Å². The molecule has 17 heavy (non-hydrogen) atoms. The van der Waals surface area contributed by atoms with E-state index in [1.807, 2.05) is 0 Å². The third kappa shape index (κ3) is 3.44. The van der Waals surface area contributed by atoms with E-state index < -0.39 is 0 Å². The lowest BCUT2D eigenvalue weighted by Gasteiger charge is -2.28. The summed E-state index contributed by atoms with van der Waals surface area (Å²) in [6.07, 6.45) is 8.60. The summed E-state index contributed by atoms with van der Waals surface area (Å²) in [6, 6.07) is 0. The van der Waals surface area contributed by atoms with Crippen LogP contribution in [-0.2, 0) is 4.79 Å². The van der Waals surface area contributed by atoms with E-state index in [1.165, 1.54) is 19.3 Å². The Morgan fingerprint density at radius 1 is 1.24 bits per heavy atom. The van der Waals surface area contributed by atoms with Crippen molar-refractivity contribution in [1.29, 1.82) is 0 Å². The highest BCUT2D eigenvalue weighted by Crippen LogP contribution is 2.31. The van der Waals surface area contributed by atoms with Crippen LogP contribution in [0.15, 0.2) is 0 Å². The Labute approximate surface area is 105 Å². The summed E-state index contributed by atoms with van der Waals surface area (Å²) in [5.41, 5.74) is 6.10. The normalized spacial score (nSPS) is 29.1. The van der Waals surface area contributed by atoms with Crippen LogP contribution in [0.4, 0.5) is 0 Å². The molecule has 1 saturated heterocycles. The van der Waals surface area contributed by atoms with Gasteiger partial charge in [-0.1, -0.05) is 19.8 Å². The summed E-state index contributed by atoms with van der Waals surface area (Å²) in [6.45, 7) is 4.17. The fraction of sp³-hybridized carbons (Fsp3) is 0.929. The topological polar surface area (TPSA) is 46.3 Å². The van der Waals surface area contributed by atoms with Gasteiger partial charge in [-0.3, -0.25) is 4.79 Å². The summed E-state index contributed by atoms with van der Waals surface area (Å²) in [5, 5.41) is 0. The lowest BCUT2D eigenvalue weighted by atomic mass is 9.94. The first-order valence-electron chi connectivity index (χ1n) is 7.16.